The van der Waals surface area contributed by atoms with Gasteiger partial charge in [-0.05, 0) is 243 Å². The summed E-state index contributed by atoms with van der Waals surface area (Å²) in [7, 11) is 0. The summed E-state index contributed by atoms with van der Waals surface area (Å²) < 4.78 is 74.5. The molecule has 0 saturated heterocycles. The topological polar surface area (TPSA) is 678 Å². The van der Waals surface area contributed by atoms with Crippen LogP contribution in [0.15, 0.2) is 280 Å². The van der Waals surface area contributed by atoms with Gasteiger partial charge in [-0.3, -0.25) is 34.0 Å². The molecule has 0 fully saturated rings. The number of carbonyl (C=O) groups excluding carboxylic acids is 3. The van der Waals surface area contributed by atoms with E-state index < -0.39 is 17.3 Å². The van der Waals surface area contributed by atoms with Crippen LogP contribution in [0.25, 0.3) is 36.9 Å². The number of hydrogen-bond acceptors (Lipinski definition) is 29. The van der Waals surface area contributed by atoms with Gasteiger partial charge in [0.15, 0.2) is 24.1 Å². The van der Waals surface area contributed by atoms with Gasteiger partial charge in [-0.15, -0.1) is 49.3 Å². The third kappa shape index (κ3) is 110. The third-order valence-corrected chi connectivity index (χ3v) is 13.9. The number of aryl methyl sites for hydroxylation is 5. The van der Waals surface area contributed by atoms with Crippen LogP contribution < -0.4 is 79.9 Å². The van der Waals surface area contributed by atoms with Gasteiger partial charge in [0.25, 0.3) is 0 Å². The number of ketones is 3. The van der Waals surface area contributed by atoms with Gasteiger partial charge >= 0.3 is 40.8 Å². The summed E-state index contributed by atoms with van der Waals surface area (Å²) in [6, 6.07) is 58.7. The number of nitro groups is 1. The summed E-state index contributed by atoms with van der Waals surface area (Å²) in [5.74, 6) is 10.8. The molecule has 0 saturated carbocycles. The number of phenols is 1. The number of rotatable bonds is 34. The van der Waals surface area contributed by atoms with E-state index in [1.807, 2.05) is 137 Å². The third-order valence-electron chi connectivity index (χ3n) is 12.6. The first-order valence-corrected chi connectivity index (χ1v) is 41.8. The molecule has 8 aromatic rings. The van der Waals surface area contributed by atoms with E-state index in [4.69, 9.17) is 132 Å². The minimum absolute atomic E-state index is 0. The smallest absolute Gasteiger partial charge is 0.508 e. The van der Waals surface area contributed by atoms with E-state index in [1.54, 1.807) is 91.0 Å². The molecule has 0 aliphatic carbocycles. The Kier molecular flexibility index (Phi) is 115. The molecule has 0 bridgehead atoms. The number of nitrogens with one attached hydrogen (secondary N) is 2. The van der Waals surface area contributed by atoms with Gasteiger partial charge < -0.3 is 71.3 Å². The molecule has 8 rings (SSSR count). The Morgan fingerprint density at radius 1 is 0.551 bits per heavy atom. The van der Waals surface area contributed by atoms with Crippen molar-refractivity contribution in [3.05, 3.63) is 294 Å². The van der Waals surface area contributed by atoms with Crippen molar-refractivity contribution in [2.24, 2.45) is 60.6 Å². The Bertz CT molecular complexity index is 4560. The van der Waals surface area contributed by atoms with Crippen molar-refractivity contribution in [2.75, 3.05) is 99.7 Å². The van der Waals surface area contributed by atoms with Crippen LogP contribution >= 0.6 is 91.8 Å². The SMILES string of the molecule is C#CCOc1ccc(C)cc1.C#CCOc1ccc(N)cc1.C=CC(C/C=C/OCCBr)[N+](=O)[O-].CC(=O)CCl.CC(=O)COc1ccc(C)cc1.CC(=O)COc1ccc(N)cc1.Cc1ccc(O)cc1.Cc1ccc(OCCBr)cc1.Cc1ccc(OCCN=[N+]=[N-])cc1.Cl.Cl.N=NN=NCl.N=NN=NCl.O=S.O=S(O)N=N/N=N/OO.[N-]=[N+]=NCCOc1ccc(N)cc1.[N-]=[N+]=[N-].[Na+]. The quantitative estimate of drug-likeness (QED) is 0.00147. The van der Waals surface area contributed by atoms with E-state index >= 15 is 0 Å². The molecule has 44 nitrogen and oxygen atoms in total. The Labute approximate surface area is 861 Å². The summed E-state index contributed by atoms with van der Waals surface area (Å²) in [5.41, 5.74) is 65.8. The van der Waals surface area contributed by atoms with E-state index in [9.17, 15) is 28.7 Å². The van der Waals surface area contributed by atoms with E-state index in [-0.39, 0.29) is 95.7 Å². The standard InChI is InChI=1S/C10H12O2.C10H10O.C9H11BrO.C9H11N3O.C9H11NO2.C9H9NO.C8H12BrNO3.C8H10N4O.C7H8O.C3H5ClO.2ClHN4.2ClH.H2N4O4S.N3.Na.OS/c1-8-3-5-10(6-4-8)12-7-9(2)11;1-3-8-11-10-6-4-9(2)5-7-10;1-8-2-4-9(5-3-8)11-7-6-10;1-8-2-4-9(5-3-8)13-7-6-11-12-10;1-7(11)6-12-9-4-2-8(10)3-5-9;1-2-7-11-9-5-3-8(10)4-6-9;1-2-8(10(11)12)4-3-6-13-7-5-9;9-7-1-3-8(4-2-7)13-6-5-11-12-10;1-6-2-4-7(8)5-3-6;1-3(5)2-4;2*1-3-5-4-2;;;5-8-3-1-2-4-9(6)7;1-3-2;;1-2/h3-6H,7H2,1-2H3;1,4-7H,8H2,2H3;2-5H,6-7H2,1H3;2-5H,6-7H2,1H3;2-5H,6,10H2,1H3;1,3-6H,7,10H2;2-3,6,8H,1,4-5,7H2;1-4H,5-6,9H2;2-5,8H,1H3;2H2,1H3;2*2H;2*1H;5H,(H,6,7);;;/q;;;;;;;;;;;;;;;-1;+1;/b;;;;;;6-3+;;;;;;;;3-1+,4-2?;;;. The van der Waals surface area contributed by atoms with Crippen molar-refractivity contribution in [3.8, 4) is 70.7 Å². The Balaban J connectivity index is -0.000000158. The molecule has 0 radical (unpaired) electrons. The average Bonchev–Trinajstić information content (AvgIpc) is 0.939. The summed E-state index contributed by atoms with van der Waals surface area (Å²) >= 11 is 21.0. The van der Waals surface area contributed by atoms with Gasteiger partial charge in [0, 0.05) is 54.1 Å². The number of nitrogens with zero attached hydrogens (tertiary/aromatic N) is 20. The molecule has 0 aliphatic heterocycles. The van der Waals surface area contributed by atoms with Crippen LogP contribution in [0, 0.1) is 80.5 Å². The van der Waals surface area contributed by atoms with Crippen LogP contribution in [-0.2, 0) is 47.9 Å². The summed E-state index contributed by atoms with van der Waals surface area (Å²) in [6.45, 7) is 21.6. The largest absolute Gasteiger partial charge is 1.00 e. The number of hydrogen-bond donors (Lipinski definition) is 8. The zero-order valence-corrected chi connectivity index (χ0v) is 85.8. The molecule has 0 spiro atoms. The molecule has 2 atom stereocenters. The monoisotopic (exact) mass is 2160 g/mol. The van der Waals surface area contributed by atoms with Crippen molar-refractivity contribution in [3.63, 3.8) is 0 Å². The maximum atomic E-state index is 10.6. The molecule has 11 N–H and O–H groups in total. The van der Waals surface area contributed by atoms with Gasteiger partial charge in [0.1, 0.15) is 78.2 Å². The molecule has 0 aromatic heterocycles. The van der Waals surface area contributed by atoms with Crippen LogP contribution in [0.3, 0.4) is 0 Å². The first kappa shape index (κ1) is 144. The molecule has 54 heteroatoms. The van der Waals surface area contributed by atoms with Gasteiger partial charge in [-0.2, -0.15) is 20.5 Å². The number of terminal acetylenes is 2. The number of aromatic hydroxyl groups is 1. The number of benzene rings is 8. The van der Waals surface area contributed by atoms with Gasteiger partial charge in [-0.1, -0.05) is 158 Å². The number of halogens is 7. The number of anilines is 3. The Morgan fingerprint density at radius 3 is 1.07 bits per heavy atom. The molecule has 8 aromatic carbocycles. The van der Waals surface area contributed by atoms with E-state index in [2.05, 4.69) is 169 Å². The number of nitrogen functional groups attached to an aromatic ring is 3. The van der Waals surface area contributed by atoms with Crippen LogP contribution in [0.5, 0.6) is 46.0 Å². The fourth-order valence-corrected chi connectivity index (χ4v) is 7.32. The van der Waals surface area contributed by atoms with Crippen LogP contribution in [0.1, 0.15) is 55.0 Å². The number of azide groups is 2. The van der Waals surface area contributed by atoms with Crippen molar-refractivity contribution in [2.45, 2.75) is 67.9 Å². The van der Waals surface area contributed by atoms with E-state index in [1.165, 1.54) is 65.8 Å². The van der Waals surface area contributed by atoms with Crippen molar-refractivity contribution < 1.29 is 115 Å². The summed E-state index contributed by atoms with van der Waals surface area (Å²) in [5, 5.41) is 52.6. The van der Waals surface area contributed by atoms with Crippen molar-refractivity contribution in [1.29, 1.82) is 11.1 Å². The van der Waals surface area contributed by atoms with Gasteiger partial charge in [0.05, 0.1) is 80.5 Å². The maximum absolute atomic E-state index is 10.6. The molecule has 136 heavy (non-hydrogen) atoms. The fraction of sp³-hybridized carbons (Fsp3) is 0.280. The molecule has 0 aliphatic rings. The first-order valence-electron chi connectivity index (χ1n) is 37.0. The van der Waals surface area contributed by atoms with Crippen LogP contribution in [0.4, 0.5) is 17.1 Å². The molecule has 0 amide bonds. The predicted molar refractivity (Wildman–Crippen MR) is 534 cm³/mol. The van der Waals surface area contributed by atoms with Crippen molar-refractivity contribution >= 4 is 150 Å². The van der Waals surface area contributed by atoms with Crippen molar-refractivity contribution in [1.82, 2.24) is 0 Å². The zero-order valence-electron chi connectivity index (χ0n) is 75.1. The van der Waals surface area contributed by atoms with E-state index in [0.29, 0.717) is 75.4 Å². The van der Waals surface area contributed by atoms with Gasteiger partial charge in [0.2, 0.25) is 6.04 Å². The first-order chi connectivity index (χ1) is 63.8. The molecule has 734 valence electrons. The fourth-order valence-electron chi connectivity index (χ4n) is 6.81. The second-order valence-corrected chi connectivity index (χ2v) is 26.1. The van der Waals surface area contributed by atoms with Crippen LogP contribution in [-0.4, -0.2) is 134 Å². The number of alkyl halides is 3. The number of ether oxygens (including phenoxy) is 8. The maximum Gasteiger partial charge on any atom is 1.00 e. The normalized spacial score (nSPS) is 9.33. The molecule has 0 heterocycles. The number of phenolic OH excluding ortho intramolecular Hbond substituents is 1. The molecular weight excluding hydrogens is 2060 g/mol. The Morgan fingerprint density at radius 2 is 0.838 bits per heavy atom. The second-order valence-electron chi connectivity index (χ2n) is 23.3. The van der Waals surface area contributed by atoms with Gasteiger partial charge in [-0.25, -0.2) is 9.20 Å². The number of Topliss-reactive ketones (excluding diaryl/α,β-unsaturated/α-hetero) is 3. The zero-order chi connectivity index (χ0) is 102. The Hall–Kier alpha value is -12.8. The number of nitrogens with two attached hydrogens (primary N) is 3. The summed E-state index contributed by atoms with van der Waals surface area (Å²) in [4.78, 5) is 50.5. The minimum atomic E-state index is -2.40. The average molecular weight is 2170 g/mol. The molecule has 2 unspecified atom stereocenters. The minimum Gasteiger partial charge on any atom is -0.508 e. The number of carbonyl (C=O) groups is 3. The predicted octanol–water partition coefficient (Wildman–Crippen LogP) is 20.3. The summed E-state index contributed by atoms with van der Waals surface area (Å²) in [6.07, 6.45) is 14.8. The van der Waals surface area contributed by atoms with Crippen LogP contribution in [0.2, 0.25) is 0 Å². The molecular formula is C82H105Br2Cl5N25NaO19S2. The van der Waals surface area contributed by atoms with E-state index in [0.717, 1.165) is 57.5 Å². The second kappa shape index (κ2) is 109.